The van der Waals surface area contributed by atoms with Crippen LogP contribution >= 0.6 is 0 Å². The molecule has 3 unspecified atom stereocenters. The smallest absolute Gasteiger partial charge is 0.0166 e. The molecular weight excluding hydrogens is 182 g/mol. The summed E-state index contributed by atoms with van der Waals surface area (Å²) in [4.78, 5) is 2.56. The van der Waals surface area contributed by atoms with Crippen molar-refractivity contribution >= 4 is 0 Å². The maximum absolute atomic E-state index is 2.56. The second-order valence-corrected chi connectivity index (χ2v) is 4.79. The van der Waals surface area contributed by atoms with E-state index in [0.29, 0.717) is 0 Å². The SMILES string of the molecule is CC1=CCN2CC1C(c1ccccc1)C2. The van der Waals surface area contributed by atoms with Crippen LogP contribution in [0.3, 0.4) is 0 Å². The minimum atomic E-state index is 0.727. The van der Waals surface area contributed by atoms with Crippen LogP contribution in [0, 0.1) is 5.92 Å². The van der Waals surface area contributed by atoms with Gasteiger partial charge in [0.1, 0.15) is 0 Å². The fraction of sp³-hybridized carbons (Fsp3) is 0.429. The van der Waals surface area contributed by atoms with Crippen LogP contribution < -0.4 is 0 Å². The molecule has 0 spiro atoms. The first-order chi connectivity index (χ1) is 7.34. The van der Waals surface area contributed by atoms with Gasteiger partial charge in [-0.15, -0.1) is 0 Å². The zero-order chi connectivity index (χ0) is 10.3. The van der Waals surface area contributed by atoms with Crippen molar-refractivity contribution in [3.05, 3.63) is 47.5 Å². The van der Waals surface area contributed by atoms with E-state index in [4.69, 9.17) is 0 Å². The van der Waals surface area contributed by atoms with Crippen LogP contribution in [0.2, 0.25) is 0 Å². The molecule has 3 rings (SSSR count). The van der Waals surface area contributed by atoms with Crippen molar-refractivity contribution < 1.29 is 0 Å². The maximum atomic E-state index is 2.56. The summed E-state index contributed by atoms with van der Waals surface area (Å²) in [6.07, 6.45) is 2.40. The molecule has 78 valence electrons. The molecule has 2 aliphatic heterocycles. The molecule has 0 N–H and O–H groups in total. The number of nitrogens with zero attached hydrogens (tertiary/aromatic N) is 1. The molecule has 2 aliphatic rings. The van der Waals surface area contributed by atoms with Gasteiger partial charge >= 0.3 is 0 Å². The van der Waals surface area contributed by atoms with Crippen molar-refractivity contribution in [2.24, 2.45) is 5.92 Å². The summed E-state index contributed by atoms with van der Waals surface area (Å²) >= 11 is 0. The summed E-state index contributed by atoms with van der Waals surface area (Å²) in [5.74, 6) is 1.49. The Kier molecular flexibility index (Phi) is 2.14. The molecule has 15 heavy (non-hydrogen) atoms. The molecule has 0 amide bonds. The first-order valence-corrected chi connectivity index (χ1v) is 5.78. The summed E-state index contributed by atoms with van der Waals surface area (Å²) in [5.41, 5.74) is 3.11. The van der Waals surface area contributed by atoms with Gasteiger partial charge in [-0.05, 0) is 12.5 Å². The molecule has 3 atom stereocenters. The topological polar surface area (TPSA) is 3.24 Å². The van der Waals surface area contributed by atoms with Crippen LogP contribution in [0.25, 0.3) is 0 Å². The zero-order valence-corrected chi connectivity index (χ0v) is 9.19. The number of benzene rings is 1. The molecule has 1 nitrogen and oxygen atoms in total. The van der Waals surface area contributed by atoms with Crippen molar-refractivity contribution in [3.63, 3.8) is 0 Å². The summed E-state index contributed by atoms with van der Waals surface area (Å²) in [7, 11) is 0. The zero-order valence-electron chi connectivity index (χ0n) is 9.19. The highest BCUT2D eigenvalue weighted by Gasteiger charge is 2.36. The molecule has 2 heterocycles. The highest BCUT2D eigenvalue weighted by Crippen LogP contribution is 2.39. The Balaban J connectivity index is 1.93. The molecule has 1 heteroatoms. The fourth-order valence-corrected chi connectivity index (χ4v) is 2.96. The van der Waals surface area contributed by atoms with E-state index in [9.17, 15) is 0 Å². The summed E-state index contributed by atoms with van der Waals surface area (Å²) in [6.45, 7) is 5.96. The van der Waals surface area contributed by atoms with E-state index in [-0.39, 0.29) is 0 Å². The lowest BCUT2D eigenvalue weighted by Gasteiger charge is -2.22. The van der Waals surface area contributed by atoms with Crippen molar-refractivity contribution in [1.82, 2.24) is 4.90 Å². The van der Waals surface area contributed by atoms with Gasteiger partial charge in [0.15, 0.2) is 0 Å². The van der Waals surface area contributed by atoms with Crippen LogP contribution in [-0.2, 0) is 0 Å². The van der Waals surface area contributed by atoms with E-state index in [1.165, 1.54) is 18.7 Å². The Bertz CT molecular complexity index is 380. The van der Waals surface area contributed by atoms with Crippen LogP contribution in [0.1, 0.15) is 18.4 Å². The van der Waals surface area contributed by atoms with Gasteiger partial charge in [-0.1, -0.05) is 42.0 Å². The third kappa shape index (κ3) is 1.51. The van der Waals surface area contributed by atoms with Crippen LogP contribution in [0.15, 0.2) is 42.0 Å². The molecule has 0 aliphatic carbocycles. The predicted octanol–water partition coefficient (Wildman–Crippen LogP) is 2.66. The van der Waals surface area contributed by atoms with Gasteiger partial charge in [-0.25, -0.2) is 0 Å². The van der Waals surface area contributed by atoms with E-state index in [0.717, 1.165) is 18.4 Å². The number of fused-ring (bicyclic) bond motifs is 2. The van der Waals surface area contributed by atoms with Crippen molar-refractivity contribution in [2.45, 2.75) is 12.8 Å². The minimum Gasteiger partial charge on any atom is -0.298 e. The Hall–Kier alpha value is -1.08. The first kappa shape index (κ1) is 9.17. The highest BCUT2D eigenvalue weighted by atomic mass is 15.2. The molecule has 1 aromatic carbocycles. The highest BCUT2D eigenvalue weighted by molar-refractivity contribution is 5.28. The van der Waals surface area contributed by atoms with Crippen molar-refractivity contribution in [2.75, 3.05) is 19.6 Å². The lowest BCUT2D eigenvalue weighted by atomic mass is 9.84. The van der Waals surface area contributed by atoms with E-state index >= 15 is 0 Å². The summed E-state index contributed by atoms with van der Waals surface area (Å²) in [6, 6.07) is 11.0. The Morgan fingerprint density at radius 2 is 1.80 bits per heavy atom. The number of hydrogen-bond acceptors (Lipinski definition) is 1. The molecule has 1 fully saturated rings. The molecule has 0 aromatic heterocycles. The van der Waals surface area contributed by atoms with Crippen LogP contribution in [0.5, 0.6) is 0 Å². The lowest BCUT2D eigenvalue weighted by Crippen LogP contribution is -2.24. The second-order valence-electron chi connectivity index (χ2n) is 4.79. The van der Waals surface area contributed by atoms with Crippen LogP contribution in [0.4, 0.5) is 0 Å². The molecule has 0 saturated carbocycles. The van der Waals surface area contributed by atoms with E-state index in [2.05, 4.69) is 48.2 Å². The first-order valence-electron chi connectivity index (χ1n) is 5.78. The normalized spacial score (nSPS) is 33.9. The van der Waals surface area contributed by atoms with Gasteiger partial charge < -0.3 is 0 Å². The van der Waals surface area contributed by atoms with E-state index < -0.39 is 0 Å². The van der Waals surface area contributed by atoms with Gasteiger partial charge in [-0.3, -0.25) is 4.90 Å². The van der Waals surface area contributed by atoms with E-state index in [1.807, 2.05) is 0 Å². The second kappa shape index (κ2) is 3.49. The van der Waals surface area contributed by atoms with Crippen molar-refractivity contribution in [3.8, 4) is 0 Å². The average Bonchev–Trinajstić information content (AvgIpc) is 2.65. The lowest BCUT2D eigenvalue weighted by molar-refractivity contribution is 0.352. The largest absolute Gasteiger partial charge is 0.298 e. The molecule has 1 aromatic rings. The standard InChI is InChI=1S/C14H17N/c1-11-7-8-15-9-13(11)14(10-15)12-5-3-2-4-6-12/h2-7,13-14H,8-10H2,1H3. The third-order valence-corrected chi connectivity index (χ3v) is 3.88. The Morgan fingerprint density at radius 3 is 2.60 bits per heavy atom. The van der Waals surface area contributed by atoms with E-state index in [1.54, 1.807) is 5.57 Å². The van der Waals surface area contributed by atoms with Crippen LogP contribution in [-0.4, -0.2) is 24.5 Å². The van der Waals surface area contributed by atoms with Gasteiger partial charge in [0.2, 0.25) is 0 Å². The quantitative estimate of drug-likeness (QED) is 0.628. The summed E-state index contributed by atoms with van der Waals surface area (Å²) < 4.78 is 0. The monoisotopic (exact) mass is 199 g/mol. The average molecular weight is 199 g/mol. The fourth-order valence-electron chi connectivity index (χ4n) is 2.96. The van der Waals surface area contributed by atoms with Crippen molar-refractivity contribution in [1.29, 1.82) is 0 Å². The minimum absolute atomic E-state index is 0.727. The molecule has 0 radical (unpaired) electrons. The van der Waals surface area contributed by atoms with Gasteiger partial charge in [0.05, 0.1) is 0 Å². The van der Waals surface area contributed by atoms with Gasteiger partial charge in [0.25, 0.3) is 0 Å². The Labute approximate surface area is 91.4 Å². The molecule has 1 saturated heterocycles. The Morgan fingerprint density at radius 1 is 1.07 bits per heavy atom. The van der Waals surface area contributed by atoms with Gasteiger partial charge in [-0.2, -0.15) is 0 Å². The third-order valence-electron chi connectivity index (χ3n) is 3.88. The number of rotatable bonds is 1. The molecule has 2 bridgehead atoms. The maximum Gasteiger partial charge on any atom is 0.0166 e. The van der Waals surface area contributed by atoms with Gasteiger partial charge in [0, 0.05) is 31.5 Å². The summed E-state index contributed by atoms with van der Waals surface area (Å²) in [5, 5.41) is 0. The number of hydrogen-bond donors (Lipinski definition) is 0. The predicted molar refractivity (Wildman–Crippen MR) is 62.9 cm³/mol. The molecular formula is C14H17N.